The van der Waals surface area contributed by atoms with Crippen molar-refractivity contribution in [1.82, 2.24) is 19.7 Å². The number of carboxylic acid groups (broad SMARTS) is 1. The highest BCUT2D eigenvalue weighted by Crippen LogP contribution is 2.28. The topological polar surface area (TPSA) is 127 Å². The Bertz CT molecular complexity index is 1610. The van der Waals surface area contributed by atoms with Crippen LogP contribution in [0.5, 0.6) is 0 Å². The molecule has 0 unspecified atom stereocenters. The van der Waals surface area contributed by atoms with E-state index in [1.54, 1.807) is 18.2 Å². The minimum absolute atomic E-state index is 0.0357. The molecule has 188 valence electrons. The molecule has 0 spiro atoms. The Balaban J connectivity index is 1.53. The molecule has 36 heavy (non-hydrogen) atoms. The highest BCUT2D eigenvalue weighted by molar-refractivity contribution is 8.01. The number of fused-ring (bicyclic) bond motifs is 1. The largest absolute Gasteiger partial charge is 0.481 e. The zero-order valence-corrected chi connectivity index (χ0v) is 22.2. The first-order valence-corrected chi connectivity index (χ1v) is 14.6. The number of aromatic nitrogens is 4. The first-order chi connectivity index (χ1) is 17.1. The molecular formula is C21H17ClFN5O4S4. The minimum Gasteiger partial charge on any atom is -0.481 e. The Morgan fingerprint density at radius 1 is 1.25 bits per heavy atom. The number of nitrogens with one attached hydrogen (secondary N) is 1. The van der Waals surface area contributed by atoms with E-state index in [9.17, 15) is 17.6 Å². The monoisotopic (exact) mass is 585 g/mol. The number of hydrogen-bond donors (Lipinski definition) is 2. The lowest BCUT2D eigenvalue weighted by molar-refractivity contribution is -0.136. The predicted molar refractivity (Wildman–Crippen MR) is 141 cm³/mol. The zero-order valence-electron chi connectivity index (χ0n) is 18.2. The van der Waals surface area contributed by atoms with Gasteiger partial charge in [-0.3, -0.25) is 4.79 Å². The fourth-order valence-corrected chi connectivity index (χ4v) is 7.15. The number of thioether (sulfide) groups is 1. The van der Waals surface area contributed by atoms with E-state index in [2.05, 4.69) is 20.4 Å². The minimum atomic E-state index is -3.66. The molecule has 0 aliphatic carbocycles. The highest BCUT2D eigenvalue weighted by Gasteiger charge is 2.17. The standard InChI is InChI=1S/C21H17ClFN5O4S4/c22-15-8-13(2-3-16(15)23)26-19-14-7-12(1-4-17(14)24-10-25-19)9-36(31,32)11-28-21(33)35-20(27-28)34-6-5-18(29)30/h1-4,7-8,10H,5-6,9,11H2,(H,29,30)(H,24,25,26). The summed E-state index contributed by atoms with van der Waals surface area (Å²) in [5.74, 6) is -1.44. The van der Waals surface area contributed by atoms with Crippen molar-refractivity contribution in [1.29, 1.82) is 0 Å². The van der Waals surface area contributed by atoms with Crippen LogP contribution in [0.3, 0.4) is 0 Å². The van der Waals surface area contributed by atoms with Gasteiger partial charge in [0.1, 0.15) is 23.8 Å². The van der Waals surface area contributed by atoms with Gasteiger partial charge in [-0.15, -0.1) is 0 Å². The van der Waals surface area contributed by atoms with Crippen molar-refractivity contribution in [3.63, 3.8) is 0 Å². The van der Waals surface area contributed by atoms with Crippen LogP contribution in [0.1, 0.15) is 12.0 Å². The second-order valence-electron chi connectivity index (χ2n) is 7.47. The van der Waals surface area contributed by atoms with Crippen molar-refractivity contribution >= 4 is 85.1 Å². The molecule has 4 rings (SSSR count). The molecule has 0 saturated heterocycles. The van der Waals surface area contributed by atoms with Crippen molar-refractivity contribution in [3.8, 4) is 0 Å². The van der Waals surface area contributed by atoms with E-state index in [0.29, 0.717) is 38.1 Å². The van der Waals surface area contributed by atoms with Crippen LogP contribution in [-0.4, -0.2) is 45.0 Å². The fraction of sp³-hybridized carbons (Fsp3) is 0.190. The van der Waals surface area contributed by atoms with Crippen molar-refractivity contribution in [3.05, 3.63) is 63.1 Å². The highest BCUT2D eigenvalue weighted by atomic mass is 35.5. The summed E-state index contributed by atoms with van der Waals surface area (Å²) in [5, 5.41) is 16.6. The lowest BCUT2D eigenvalue weighted by Gasteiger charge is -2.11. The summed E-state index contributed by atoms with van der Waals surface area (Å²) in [6, 6.07) is 9.19. The lowest BCUT2D eigenvalue weighted by Crippen LogP contribution is -2.14. The van der Waals surface area contributed by atoms with Crippen molar-refractivity contribution < 1.29 is 22.7 Å². The number of sulfone groups is 1. The van der Waals surface area contributed by atoms with Crippen LogP contribution in [0.2, 0.25) is 5.02 Å². The Labute approximate surface area is 223 Å². The third-order valence-electron chi connectivity index (χ3n) is 4.72. The number of aliphatic carboxylic acids is 1. The Morgan fingerprint density at radius 2 is 2.06 bits per heavy atom. The molecule has 0 aliphatic rings. The molecular weight excluding hydrogens is 569 g/mol. The number of carbonyl (C=O) groups is 1. The quantitative estimate of drug-likeness (QED) is 0.187. The van der Waals surface area contributed by atoms with Crippen LogP contribution in [0, 0.1) is 9.77 Å². The van der Waals surface area contributed by atoms with E-state index in [1.165, 1.54) is 41.0 Å². The second kappa shape index (κ2) is 11.2. The van der Waals surface area contributed by atoms with Crippen molar-refractivity contribution in [2.75, 3.05) is 11.1 Å². The van der Waals surface area contributed by atoms with Gasteiger partial charge in [0, 0.05) is 16.8 Å². The molecule has 2 N–H and O–H groups in total. The molecule has 9 nitrogen and oxygen atoms in total. The van der Waals surface area contributed by atoms with E-state index in [4.69, 9.17) is 28.9 Å². The van der Waals surface area contributed by atoms with E-state index in [0.717, 1.165) is 11.3 Å². The zero-order chi connectivity index (χ0) is 25.9. The molecule has 0 atom stereocenters. The summed E-state index contributed by atoms with van der Waals surface area (Å²) >= 11 is 13.4. The number of benzene rings is 2. The number of halogens is 2. The maximum absolute atomic E-state index is 13.5. The lowest BCUT2D eigenvalue weighted by atomic mass is 10.1. The molecule has 4 aromatic rings. The third-order valence-corrected chi connectivity index (χ3v) is 8.86. The van der Waals surface area contributed by atoms with Gasteiger partial charge in [-0.25, -0.2) is 27.5 Å². The smallest absolute Gasteiger partial charge is 0.304 e. The van der Waals surface area contributed by atoms with Gasteiger partial charge in [-0.1, -0.05) is 40.8 Å². The molecule has 0 aliphatic heterocycles. The van der Waals surface area contributed by atoms with Gasteiger partial charge in [0.25, 0.3) is 0 Å². The van der Waals surface area contributed by atoms with E-state index in [1.807, 2.05) is 0 Å². The molecule has 2 aromatic carbocycles. The van der Waals surface area contributed by atoms with Gasteiger partial charge in [0.05, 0.1) is 22.7 Å². The number of rotatable bonds is 10. The second-order valence-corrected chi connectivity index (χ2v) is 12.9. The molecule has 0 saturated carbocycles. The van der Waals surface area contributed by atoms with Crippen LogP contribution < -0.4 is 5.32 Å². The first-order valence-electron chi connectivity index (χ1n) is 10.2. The average molecular weight is 586 g/mol. The Kier molecular flexibility index (Phi) is 8.20. The van der Waals surface area contributed by atoms with Crippen LogP contribution in [0.4, 0.5) is 15.9 Å². The molecule has 2 aromatic heterocycles. The van der Waals surface area contributed by atoms with Gasteiger partial charge in [-0.05, 0) is 48.1 Å². The summed E-state index contributed by atoms with van der Waals surface area (Å²) in [5.41, 5.74) is 1.61. The molecule has 2 heterocycles. The van der Waals surface area contributed by atoms with Gasteiger partial charge >= 0.3 is 5.97 Å². The Hall–Kier alpha value is -2.65. The van der Waals surface area contributed by atoms with Gasteiger partial charge < -0.3 is 10.4 Å². The normalized spacial score (nSPS) is 11.6. The first kappa shape index (κ1) is 26.4. The molecule has 15 heteroatoms. The predicted octanol–water partition coefficient (Wildman–Crippen LogP) is 5.29. The average Bonchev–Trinajstić information content (AvgIpc) is 3.14. The summed E-state index contributed by atoms with van der Waals surface area (Å²) in [4.78, 5) is 19.1. The van der Waals surface area contributed by atoms with Crippen LogP contribution in [0.15, 0.2) is 47.1 Å². The maximum Gasteiger partial charge on any atom is 0.304 e. The molecule has 0 radical (unpaired) electrons. The van der Waals surface area contributed by atoms with Gasteiger partial charge in [0.2, 0.25) is 0 Å². The number of nitrogens with zero attached hydrogens (tertiary/aromatic N) is 4. The fourth-order valence-electron chi connectivity index (χ4n) is 3.14. The number of carboxylic acids is 1. The molecule has 0 fully saturated rings. The van der Waals surface area contributed by atoms with E-state index >= 15 is 0 Å². The summed E-state index contributed by atoms with van der Waals surface area (Å²) < 4.78 is 41.4. The number of hydrogen-bond acceptors (Lipinski definition) is 10. The summed E-state index contributed by atoms with van der Waals surface area (Å²) in [6.45, 7) is 0. The van der Waals surface area contributed by atoms with Crippen molar-refractivity contribution in [2.24, 2.45) is 0 Å². The van der Waals surface area contributed by atoms with Gasteiger partial charge in [-0.2, -0.15) is 5.10 Å². The summed E-state index contributed by atoms with van der Waals surface area (Å²) in [7, 11) is -3.66. The van der Waals surface area contributed by atoms with E-state index < -0.39 is 27.5 Å². The SMILES string of the molecule is O=C(O)CCSc1nn(CS(=O)(=O)Cc2ccc3ncnc(Nc4ccc(F)c(Cl)c4)c3c2)c(=S)s1. The van der Waals surface area contributed by atoms with Crippen molar-refractivity contribution in [2.45, 2.75) is 22.4 Å². The summed E-state index contributed by atoms with van der Waals surface area (Å²) in [6.07, 6.45) is 1.33. The molecule has 0 amide bonds. The Morgan fingerprint density at radius 3 is 2.81 bits per heavy atom. The third kappa shape index (κ3) is 6.76. The van der Waals surface area contributed by atoms with Crippen LogP contribution >= 0.6 is 46.9 Å². The number of anilines is 2. The maximum atomic E-state index is 13.5. The van der Waals surface area contributed by atoms with Crippen LogP contribution in [-0.2, 0) is 26.3 Å². The molecule has 0 bridgehead atoms. The van der Waals surface area contributed by atoms with E-state index in [-0.39, 0.29) is 21.2 Å². The van der Waals surface area contributed by atoms with Crippen LogP contribution in [0.25, 0.3) is 10.9 Å². The van der Waals surface area contributed by atoms with Gasteiger partial charge in [0.15, 0.2) is 18.1 Å².